The van der Waals surface area contributed by atoms with Crippen molar-refractivity contribution >= 4 is 11.8 Å². The van der Waals surface area contributed by atoms with Crippen molar-refractivity contribution in [3.8, 4) is 0 Å². The Bertz CT molecular complexity index is 329. The Morgan fingerprint density at radius 3 is 1.83 bits per heavy atom. The number of carbonyl (C=O) groups is 2. The van der Waals surface area contributed by atoms with Crippen molar-refractivity contribution in [2.75, 3.05) is 39.4 Å². The monoisotopic (exact) mass is 254 g/mol. The molecule has 2 aliphatic heterocycles. The molecule has 0 aromatic carbocycles. The van der Waals surface area contributed by atoms with Gasteiger partial charge < -0.3 is 14.5 Å². The Morgan fingerprint density at radius 2 is 1.33 bits per heavy atom. The minimum absolute atomic E-state index is 0.0310. The van der Waals surface area contributed by atoms with Crippen LogP contribution in [0.4, 0.5) is 0 Å². The molecule has 0 aliphatic carbocycles. The van der Waals surface area contributed by atoms with Crippen molar-refractivity contribution in [3.05, 3.63) is 0 Å². The van der Waals surface area contributed by atoms with Gasteiger partial charge in [0.25, 0.3) is 0 Å². The quantitative estimate of drug-likeness (QED) is 0.674. The predicted octanol–water partition coefficient (Wildman–Crippen LogP) is 0.494. The molecule has 0 N–H and O–H groups in total. The van der Waals surface area contributed by atoms with Gasteiger partial charge in [-0.2, -0.15) is 0 Å². The summed E-state index contributed by atoms with van der Waals surface area (Å²) in [5.41, 5.74) is -0.943. The van der Waals surface area contributed by atoms with Crippen molar-refractivity contribution in [2.24, 2.45) is 5.41 Å². The van der Waals surface area contributed by atoms with Gasteiger partial charge in [-0.15, -0.1) is 0 Å². The van der Waals surface area contributed by atoms with E-state index in [0.717, 1.165) is 25.9 Å². The van der Waals surface area contributed by atoms with Gasteiger partial charge in [0.15, 0.2) is 0 Å². The van der Waals surface area contributed by atoms with E-state index in [1.165, 1.54) is 0 Å². The summed E-state index contributed by atoms with van der Waals surface area (Å²) in [7, 11) is 0. The van der Waals surface area contributed by atoms with Crippen LogP contribution in [0.5, 0.6) is 0 Å². The summed E-state index contributed by atoms with van der Waals surface area (Å²) in [6.45, 7) is 7.39. The first-order chi connectivity index (χ1) is 8.53. The molecule has 0 radical (unpaired) electrons. The molecule has 102 valence electrons. The highest BCUT2D eigenvalue weighted by Gasteiger charge is 2.42. The normalized spacial score (nSPS) is 21.2. The summed E-state index contributed by atoms with van der Waals surface area (Å²) in [6, 6.07) is 0. The Morgan fingerprint density at radius 1 is 0.889 bits per heavy atom. The summed E-state index contributed by atoms with van der Waals surface area (Å²) in [4.78, 5) is 28.4. The van der Waals surface area contributed by atoms with Crippen LogP contribution in [0.1, 0.15) is 26.7 Å². The maximum Gasteiger partial charge on any atom is 0.237 e. The maximum absolute atomic E-state index is 12.4. The highest BCUT2D eigenvalue weighted by molar-refractivity contribution is 6.04. The van der Waals surface area contributed by atoms with Gasteiger partial charge in [-0.3, -0.25) is 9.59 Å². The van der Waals surface area contributed by atoms with Crippen LogP contribution in [0.2, 0.25) is 0 Å². The van der Waals surface area contributed by atoms with E-state index >= 15 is 0 Å². The first-order valence-electron chi connectivity index (χ1n) is 6.70. The molecule has 0 unspecified atom stereocenters. The molecular weight excluding hydrogens is 232 g/mol. The van der Waals surface area contributed by atoms with Crippen LogP contribution in [0.3, 0.4) is 0 Å². The SMILES string of the molecule is CC(C)(C(=O)N1CCCC1)C(=O)N1CCOCC1. The molecular formula is C13H22N2O3. The van der Waals surface area contributed by atoms with Crippen molar-refractivity contribution in [1.82, 2.24) is 9.80 Å². The van der Waals surface area contributed by atoms with Crippen molar-refractivity contribution in [3.63, 3.8) is 0 Å². The smallest absolute Gasteiger partial charge is 0.237 e. The number of nitrogens with zero attached hydrogens (tertiary/aromatic N) is 2. The lowest BCUT2D eigenvalue weighted by Crippen LogP contribution is -2.52. The lowest BCUT2D eigenvalue weighted by Gasteiger charge is -2.35. The zero-order valence-electron chi connectivity index (χ0n) is 11.3. The van der Waals surface area contributed by atoms with Crippen LogP contribution in [0.15, 0.2) is 0 Å². The molecule has 0 saturated carbocycles. The molecule has 0 atom stereocenters. The fourth-order valence-corrected chi connectivity index (χ4v) is 2.57. The van der Waals surface area contributed by atoms with Crippen LogP contribution in [-0.4, -0.2) is 61.0 Å². The average molecular weight is 254 g/mol. The van der Waals surface area contributed by atoms with Crippen molar-refractivity contribution in [1.29, 1.82) is 0 Å². The lowest BCUT2D eigenvalue weighted by molar-refractivity contribution is -0.156. The summed E-state index contributed by atoms with van der Waals surface area (Å²) < 4.78 is 5.23. The summed E-state index contributed by atoms with van der Waals surface area (Å²) in [6.07, 6.45) is 2.10. The molecule has 2 aliphatic rings. The topological polar surface area (TPSA) is 49.9 Å². The molecule has 2 saturated heterocycles. The second-order valence-corrected chi connectivity index (χ2v) is 5.53. The molecule has 0 spiro atoms. The van der Waals surface area contributed by atoms with Crippen molar-refractivity contribution in [2.45, 2.75) is 26.7 Å². The molecule has 0 bridgehead atoms. The molecule has 2 heterocycles. The molecule has 0 aromatic heterocycles. The van der Waals surface area contributed by atoms with Gasteiger partial charge in [0.2, 0.25) is 11.8 Å². The van der Waals surface area contributed by atoms with E-state index in [4.69, 9.17) is 4.74 Å². The standard InChI is InChI=1S/C13H22N2O3/c1-13(2,11(16)14-5-3-4-6-14)12(17)15-7-9-18-10-8-15/h3-10H2,1-2H3. The first kappa shape index (κ1) is 13.3. The van der Waals surface area contributed by atoms with E-state index < -0.39 is 5.41 Å². The van der Waals surface area contributed by atoms with Crippen LogP contribution in [0.25, 0.3) is 0 Å². The molecule has 2 rings (SSSR count). The van der Waals surface area contributed by atoms with Gasteiger partial charge >= 0.3 is 0 Å². The Balaban J connectivity index is 2.03. The number of morpholine rings is 1. The van der Waals surface area contributed by atoms with E-state index in [2.05, 4.69) is 0 Å². The molecule has 2 fully saturated rings. The van der Waals surface area contributed by atoms with Gasteiger partial charge in [0.05, 0.1) is 13.2 Å². The Hall–Kier alpha value is -1.10. The highest BCUT2D eigenvalue weighted by atomic mass is 16.5. The van der Waals surface area contributed by atoms with Crippen LogP contribution < -0.4 is 0 Å². The molecule has 18 heavy (non-hydrogen) atoms. The van der Waals surface area contributed by atoms with Crippen LogP contribution in [-0.2, 0) is 14.3 Å². The minimum atomic E-state index is -0.943. The predicted molar refractivity (Wildman–Crippen MR) is 67.0 cm³/mol. The lowest BCUT2D eigenvalue weighted by atomic mass is 9.89. The van der Waals surface area contributed by atoms with Gasteiger partial charge in [-0.25, -0.2) is 0 Å². The van der Waals surface area contributed by atoms with E-state index in [-0.39, 0.29) is 11.8 Å². The minimum Gasteiger partial charge on any atom is -0.378 e. The van der Waals surface area contributed by atoms with Gasteiger partial charge in [-0.1, -0.05) is 0 Å². The third-order valence-electron chi connectivity index (χ3n) is 3.76. The Kier molecular flexibility index (Phi) is 3.90. The summed E-state index contributed by atoms with van der Waals surface area (Å²) in [5, 5.41) is 0. The van der Waals surface area contributed by atoms with Gasteiger partial charge in [0.1, 0.15) is 5.41 Å². The third-order valence-corrected chi connectivity index (χ3v) is 3.76. The highest BCUT2D eigenvalue weighted by Crippen LogP contribution is 2.25. The molecule has 2 amide bonds. The molecule has 5 heteroatoms. The van der Waals surface area contributed by atoms with Crippen LogP contribution >= 0.6 is 0 Å². The zero-order valence-corrected chi connectivity index (χ0v) is 11.3. The van der Waals surface area contributed by atoms with Crippen molar-refractivity contribution < 1.29 is 14.3 Å². The largest absolute Gasteiger partial charge is 0.378 e. The van der Waals surface area contributed by atoms with Gasteiger partial charge in [-0.05, 0) is 26.7 Å². The number of hydrogen-bond acceptors (Lipinski definition) is 3. The zero-order chi connectivity index (χ0) is 13.2. The maximum atomic E-state index is 12.4. The second kappa shape index (κ2) is 5.26. The molecule has 0 aromatic rings. The third kappa shape index (κ3) is 2.51. The number of ether oxygens (including phenoxy) is 1. The number of carbonyl (C=O) groups excluding carboxylic acids is 2. The van der Waals surface area contributed by atoms with E-state index in [9.17, 15) is 9.59 Å². The van der Waals surface area contributed by atoms with E-state index in [1.807, 2.05) is 4.90 Å². The second-order valence-electron chi connectivity index (χ2n) is 5.53. The fourth-order valence-electron chi connectivity index (χ4n) is 2.57. The number of rotatable bonds is 2. The number of amides is 2. The van der Waals surface area contributed by atoms with E-state index in [0.29, 0.717) is 26.3 Å². The summed E-state index contributed by atoms with van der Waals surface area (Å²) in [5.74, 6) is -0.0980. The number of hydrogen-bond donors (Lipinski definition) is 0. The molecule has 5 nitrogen and oxygen atoms in total. The number of likely N-dealkylation sites (tertiary alicyclic amines) is 1. The summed E-state index contributed by atoms with van der Waals surface area (Å²) >= 11 is 0. The van der Waals surface area contributed by atoms with E-state index in [1.54, 1.807) is 18.7 Å². The van der Waals surface area contributed by atoms with Crippen LogP contribution in [0, 0.1) is 5.41 Å². The average Bonchev–Trinajstić information content (AvgIpc) is 2.91. The van der Waals surface area contributed by atoms with Gasteiger partial charge in [0, 0.05) is 26.2 Å². The first-order valence-corrected chi connectivity index (χ1v) is 6.70. The Labute approximate surface area is 108 Å². The fraction of sp³-hybridized carbons (Fsp3) is 0.846.